The Morgan fingerprint density at radius 1 is 0.632 bits per heavy atom. The molecule has 5 aromatic heterocycles. The molecule has 11 nitrogen and oxygen atoms in total. The first-order valence-corrected chi connectivity index (χ1v) is 20.1. The number of alkyl halides is 3. The quantitative estimate of drug-likeness (QED) is 0.0449. The van der Waals surface area contributed by atoms with Crippen LogP contribution in [0.15, 0.2) is 103 Å². The molecule has 57 heavy (non-hydrogen) atoms. The van der Waals surface area contributed by atoms with Crippen molar-refractivity contribution in [2.45, 2.75) is 18.1 Å². The van der Waals surface area contributed by atoms with Gasteiger partial charge in [0, 0.05) is 41.4 Å². The zero-order chi connectivity index (χ0) is 40.0. The number of methoxy groups -OCH3 is 2. The van der Waals surface area contributed by atoms with Crippen molar-refractivity contribution < 1.29 is 53.1 Å². The van der Waals surface area contributed by atoms with E-state index in [1.165, 1.54) is 14.2 Å². The van der Waals surface area contributed by atoms with Crippen LogP contribution in [0.5, 0.6) is 0 Å². The summed E-state index contributed by atoms with van der Waals surface area (Å²) < 4.78 is 35.5. The van der Waals surface area contributed by atoms with Gasteiger partial charge in [-0.1, -0.05) is 70.7 Å². The fourth-order valence-corrected chi connectivity index (χ4v) is 7.99. The second kappa shape index (κ2) is 19.4. The summed E-state index contributed by atoms with van der Waals surface area (Å²) in [5, 5.41) is 0.210. The zero-order valence-electron chi connectivity index (χ0n) is 30.9. The van der Waals surface area contributed by atoms with E-state index in [0.29, 0.717) is 66.4 Å². The van der Waals surface area contributed by atoms with Gasteiger partial charge in [0.05, 0.1) is 44.1 Å². The molecule has 0 fully saturated rings. The predicted octanol–water partition coefficient (Wildman–Crippen LogP) is 9.60. The van der Waals surface area contributed by atoms with Crippen molar-refractivity contribution in [1.82, 2.24) is 19.9 Å². The van der Waals surface area contributed by atoms with E-state index in [0.717, 1.165) is 11.1 Å². The fraction of sp³-hybridized carbons (Fsp3) is 0.171. The number of carbonyl (C=O) groups is 2. The summed E-state index contributed by atoms with van der Waals surface area (Å²) in [5.74, 6) is -0.898. The number of aromatic nitrogens is 4. The van der Waals surface area contributed by atoms with Crippen molar-refractivity contribution in [2.24, 2.45) is 0 Å². The number of halogens is 3. The van der Waals surface area contributed by atoms with Gasteiger partial charge in [0.1, 0.15) is 5.30 Å². The number of esters is 2. The van der Waals surface area contributed by atoms with Gasteiger partial charge in [-0.25, -0.2) is 14.2 Å². The third-order valence-corrected chi connectivity index (χ3v) is 10.7. The van der Waals surface area contributed by atoms with Crippen LogP contribution in [0.4, 0.5) is 0 Å². The minimum Gasteiger partial charge on any atom is -0.657 e. The van der Waals surface area contributed by atoms with E-state index in [1.807, 2.05) is 66.7 Å². The van der Waals surface area contributed by atoms with Gasteiger partial charge >= 0.3 is 40.0 Å². The molecule has 0 unspecified atom stereocenters. The molecular weight excluding hydrogens is 904 g/mol. The molecule has 0 atom stereocenters. The molecule has 8 bridgehead atoms. The SMILES string of the molecule is CCOP(=O)(OCC)[c+]1c2ccc([n-]2)c(-c2ccc(C(=O)OC)cc2)c2ccc(cc3ccc([n-]3)[c+](-c3ccc(C(=O)OC)cc3)c3ccc1[n-]3)[n-]2.ClC(Cl)Cl.[Pd+2]. The van der Waals surface area contributed by atoms with Crippen LogP contribution in [0.25, 0.3) is 66.4 Å². The molecule has 7 aromatic rings. The number of nitrogens with zero attached hydrogens (tertiary/aromatic N) is 4. The van der Waals surface area contributed by atoms with Gasteiger partial charge in [-0.05, 0) is 78.5 Å². The van der Waals surface area contributed by atoms with Crippen LogP contribution in [0.3, 0.4) is 0 Å². The number of rotatable bonds is 9. The Hall–Kier alpha value is -4.34. The number of benzene rings is 2. The summed E-state index contributed by atoms with van der Waals surface area (Å²) in [7, 11) is -1.31. The third-order valence-electron chi connectivity index (χ3n) is 8.47. The molecule has 0 amide bonds. The molecule has 0 saturated heterocycles. The molecule has 5 heterocycles. The largest absolute Gasteiger partial charge is 2.00 e. The van der Waals surface area contributed by atoms with Crippen LogP contribution >= 0.6 is 42.4 Å². The molecule has 296 valence electrons. The van der Waals surface area contributed by atoms with Crippen molar-refractivity contribution in [2.75, 3.05) is 27.4 Å². The van der Waals surface area contributed by atoms with E-state index in [4.69, 9.17) is 73.3 Å². The number of hydrogen-bond donors (Lipinski definition) is 0. The van der Waals surface area contributed by atoms with Crippen molar-refractivity contribution in [1.29, 1.82) is 0 Å². The van der Waals surface area contributed by atoms with Crippen LogP contribution in [-0.4, -0.2) is 43.7 Å². The van der Waals surface area contributed by atoms with E-state index in [-0.39, 0.29) is 38.9 Å². The molecule has 0 radical (unpaired) electrons. The van der Waals surface area contributed by atoms with Gasteiger partial charge in [-0.2, -0.15) is 0 Å². The minimum atomic E-state index is -3.98. The molecule has 0 saturated carbocycles. The molecule has 16 heteroatoms. The van der Waals surface area contributed by atoms with Gasteiger partial charge in [0.15, 0.2) is 4.30 Å². The summed E-state index contributed by atoms with van der Waals surface area (Å²) in [5.41, 5.74) is 8.10. The summed E-state index contributed by atoms with van der Waals surface area (Å²) in [6.45, 7) is 3.73. The maximum atomic E-state index is 14.7. The van der Waals surface area contributed by atoms with Gasteiger partial charge in [0.25, 0.3) is 0 Å². The maximum Gasteiger partial charge on any atom is 2.00 e. The average Bonchev–Trinajstić information content (AvgIpc) is 4.02. The van der Waals surface area contributed by atoms with Crippen molar-refractivity contribution in [3.63, 3.8) is 0 Å². The Morgan fingerprint density at radius 2 is 1.09 bits per heavy atom. The molecule has 0 aliphatic carbocycles. The fourth-order valence-electron chi connectivity index (χ4n) is 6.17. The second-order valence-electron chi connectivity index (χ2n) is 11.9. The molecule has 0 N–H and O–H groups in total. The van der Waals surface area contributed by atoms with Crippen LogP contribution < -0.4 is 25.2 Å². The second-order valence-corrected chi connectivity index (χ2v) is 15.8. The first-order valence-electron chi connectivity index (χ1n) is 17.2. The van der Waals surface area contributed by atoms with Crippen molar-refractivity contribution in [3.05, 3.63) is 114 Å². The zero-order valence-corrected chi connectivity index (χ0v) is 35.6. The molecule has 2 aromatic carbocycles. The predicted molar refractivity (Wildman–Crippen MR) is 222 cm³/mol. The molecule has 0 spiro atoms. The summed E-state index contributed by atoms with van der Waals surface area (Å²) in [6, 6.07) is 30.6. The third kappa shape index (κ3) is 9.86. The first-order chi connectivity index (χ1) is 27.0. The van der Waals surface area contributed by atoms with E-state index in [2.05, 4.69) is 0 Å². The maximum absolute atomic E-state index is 14.7. The number of carbonyl (C=O) groups excluding carboxylic acids is 2. The number of ether oxygens (including phenoxy) is 2. The van der Waals surface area contributed by atoms with Crippen molar-refractivity contribution in [3.8, 4) is 22.3 Å². The van der Waals surface area contributed by atoms with E-state index < -0.39 is 23.8 Å². The summed E-state index contributed by atoms with van der Waals surface area (Å²) in [4.78, 5) is 44.4. The van der Waals surface area contributed by atoms with Crippen LogP contribution in [0.1, 0.15) is 34.6 Å². The molecular formula is C41H34Cl3N4O7PPd. The standard InChI is InChI=1S/C40H34N4O7P.CHCl3.Pd/c1-5-50-52(47,51-6-2)38-34-21-19-32(43-34)36(24-7-11-26(12-8-24)39(45)48-3)30-17-15-28(41-30)23-29-16-18-31(42-29)37(33-20-22-35(38)44-33)25-9-13-27(14-10-25)40(46)49-4;2-1(3)4;/h7-23H,5-6H2,1-4H3,(H-,41,42,45);1H;/q-1;;+2/p-1. The monoisotopic (exact) mass is 936 g/mol. The molecule has 0 aliphatic rings. The Labute approximate surface area is 356 Å². The number of hydrogen-bond acceptors (Lipinski definition) is 7. The van der Waals surface area contributed by atoms with Gasteiger partial charge < -0.3 is 29.4 Å². The Kier molecular flexibility index (Phi) is 14.9. The Morgan fingerprint density at radius 3 is 1.68 bits per heavy atom. The van der Waals surface area contributed by atoms with Gasteiger partial charge in [-0.3, -0.25) is 9.05 Å². The van der Waals surface area contributed by atoms with E-state index in [1.54, 1.807) is 50.2 Å². The minimum absolute atomic E-state index is 0. The first kappa shape index (κ1) is 43.8. The van der Waals surface area contributed by atoms with E-state index in [9.17, 15) is 14.2 Å². The average molecular weight is 938 g/mol. The smallest absolute Gasteiger partial charge is 0.657 e. The number of fused-ring (bicyclic) bond motifs is 8. The Balaban J connectivity index is 0.00000119. The summed E-state index contributed by atoms with van der Waals surface area (Å²) >= 11 is 14.4. The van der Waals surface area contributed by atoms with Crippen LogP contribution in [0, 0.1) is 0 Å². The van der Waals surface area contributed by atoms with Crippen molar-refractivity contribution >= 4 is 104 Å². The summed E-state index contributed by atoms with van der Waals surface area (Å²) in [6.07, 6.45) is 0. The van der Waals surface area contributed by atoms with E-state index >= 15 is 0 Å². The van der Waals surface area contributed by atoms with Gasteiger partial charge in [0.2, 0.25) is 0 Å². The topological polar surface area (TPSA) is 145 Å². The van der Waals surface area contributed by atoms with Crippen LogP contribution in [-0.2, 0) is 43.5 Å². The van der Waals surface area contributed by atoms with Gasteiger partial charge in [-0.15, -0.1) is 22.1 Å². The normalized spacial score (nSPS) is 11.2. The molecule has 0 aliphatic heterocycles. The van der Waals surface area contributed by atoms with Crippen LogP contribution in [0.2, 0.25) is 0 Å². The Bertz CT molecular complexity index is 2500. The molecule has 7 rings (SSSR count).